The van der Waals surface area contributed by atoms with E-state index in [1.54, 1.807) is 0 Å². The van der Waals surface area contributed by atoms with E-state index in [1.807, 2.05) is 0 Å². The summed E-state index contributed by atoms with van der Waals surface area (Å²) >= 11 is 0. The van der Waals surface area contributed by atoms with Gasteiger partial charge in [0.25, 0.3) is 0 Å². The number of benzene rings is 2. The number of nitrogens with zero attached hydrogens (tertiary/aromatic N) is 1. The molecule has 0 unspecified atom stereocenters. The monoisotopic (exact) mass is 400 g/mol. The molecule has 0 bridgehead atoms. The van der Waals surface area contributed by atoms with Gasteiger partial charge in [0, 0.05) is 19.2 Å². The lowest BCUT2D eigenvalue weighted by Gasteiger charge is -2.19. The second-order valence-corrected chi connectivity index (χ2v) is 7.46. The van der Waals surface area contributed by atoms with Gasteiger partial charge in [-0.1, -0.05) is 0 Å². The van der Waals surface area contributed by atoms with Crippen LogP contribution in [-0.2, 0) is 14.8 Å². The Morgan fingerprint density at radius 2 is 1.81 bits per heavy atom. The van der Waals surface area contributed by atoms with Gasteiger partial charge in [0.2, 0.25) is 15.9 Å². The largest absolute Gasteiger partial charge is 0.497 e. The Balaban J connectivity index is 2.21. The van der Waals surface area contributed by atoms with Crippen LogP contribution < -0.4 is 14.8 Å². The fourth-order valence-corrected chi connectivity index (χ4v) is 3.51. The van der Waals surface area contributed by atoms with Gasteiger partial charge in [-0.2, -0.15) is 4.31 Å². The Morgan fingerprint density at radius 3 is 2.41 bits per heavy atom. The summed E-state index contributed by atoms with van der Waals surface area (Å²) in [5.74, 6) is -2.19. The topological polar surface area (TPSA) is 84.9 Å². The van der Waals surface area contributed by atoms with Crippen LogP contribution in [0.25, 0.3) is 0 Å². The Bertz CT molecular complexity index is 950. The highest BCUT2D eigenvalue weighted by atomic mass is 32.2. The van der Waals surface area contributed by atoms with Crippen LogP contribution in [0.5, 0.6) is 11.5 Å². The highest BCUT2D eigenvalue weighted by molar-refractivity contribution is 7.89. The zero-order chi connectivity index (χ0) is 20.2. The summed E-state index contributed by atoms with van der Waals surface area (Å²) in [6.45, 7) is -0.598. The van der Waals surface area contributed by atoms with Crippen LogP contribution in [0.15, 0.2) is 41.3 Å². The third kappa shape index (κ3) is 4.72. The molecule has 0 fully saturated rings. The number of amides is 1. The maximum absolute atomic E-state index is 13.6. The predicted molar refractivity (Wildman–Crippen MR) is 94.3 cm³/mol. The van der Waals surface area contributed by atoms with Crippen molar-refractivity contribution in [1.82, 2.24) is 4.31 Å². The molecule has 0 aromatic heterocycles. The number of carbonyl (C=O) groups excluding carboxylic acids is 1. The second kappa shape index (κ2) is 8.31. The Hall–Kier alpha value is -2.72. The number of methoxy groups -OCH3 is 2. The zero-order valence-corrected chi connectivity index (χ0v) is 15.6. The number of anilines is 1. The molecule has 2 aromatic carbocycles. The highest BCUT2D eigenvalue weighted by Gasteiger charge is 2.27. The van der Waals surface area contributed by atoms with Crippen molar-refractivity contribution < 1.29 is 31.5 Å². The number of hydrogen-bond donors (Lipinski definition) is 1. The molecule has 0 spiro atoms. The number of carbonyl (C=O) groups is 1. The van der Waals surface area contributed by atoms with Gasteiger partial charge in [-0.05, 0) is 24.3 Å². The average molecular weight is 400 g/mol. The number of nitrogens with one attached hydrogen (secondary N) is 1. The molecule has 0 aliphatic carbocycles. The number of ether oxygens (including phenoxy) is 2. The Labute approximate surface area is 155 Å². The van der Waals surface area contributed by atoms with E-state index in [0.29, 0.717) is 11.8 Å². The van der Waals surface area contributed by atoms with E-state index in [9.17, 15) is 22.0 Å². The molecule has 0 saturated heterocycles. The van der Waals surface area contributed by atoms with Crippen LogP contribution in [0.2, 0.25) is 0 Å². The van der Waals surface area contributed by atoms with E-state index in [0.717, 1.165) is 16.4 Å². The van der Waals surface area contributed by atoms with Crippen molar-refractivity contribution >= 4 is 21.6 Å². The van der Waals surface area contributed by atoms with E-state index in [1.165, 1.54) is 39.5 Å². The molecule has 2 aromatic rings. The van der Waals surface area contributed by atoms with Crippen LogP contribution in [0.4, 0.5) is 14.5 Å². The molecular formula is C17H18F2N2O5S. The molecule has 0 aliphatic rings. The van der Waals surface area contributed by atoms with Crippen LogP contribution in [0.3, 0.4) is 0 Å². The van der Waals surface area contributed by atoms with E-state index >= 15 is 0 Å². The van der Waals surface area contributed by atoms with Gasteiger partial charge in [0.15, 0.2) is 0 Å². The summed E-state index contributed by atoms with van der Waals surface area (Å²) in [5.41, 5.74) is -0.258. The van der Waals surface area contributed by atoms with Crippen LogP contribution in [0, 0.1) is 11.6 Å². The zero-order valence-electron chi connectivity index (χ0n) is 14.8. The van der Waals surface area contributed by atoms with Crippen molar-refractivity contribution in [3.05, 3.63) is 48.0 Å². The van der Waals surface area contributed by atoms with Crippen LogP contribution in [-0.4, -0.2) is 46.4 Å². The van der Waals surface area contributed by atoms with Gasteiger partial charge in [-0.25, -0.2) is 17.2 Å². The smallest absolute Gasteiger partial charge is 0.247 e. The van der Waals surface area contributed by atoms with Crippen molar-refractivity contribution in [2.75, 3.05) is 33.1 Å². The van der Waals surface area contributed by atoms with Gasteiger partial charge in [-0.3, -0.25) is 4.79 Å². The van der Waals surface area contributed by atoms with E-state index in [-0.39, 0.29) is 16.3 Å². The summed E-state index contributed by atoms with van der Waals surface area (Å²) in [6, 6.07) is 6.84. The number of rotatable bonds is 7. The summed E-state index contributed by atoms with van der Waals surface area (Å²) in [7, 11) is -0.224. The van der Waals surface area contributed by atoms with Gasteiger partial charge < -0.3 is 14.8 Å². The molecule has 10 heteroatoms. The number of hydrogen-bond acceptors (Lipinski definition) is 5. The SMILES string of the molecule is COc1ccc(OC)c(S(=O)(=O)N(C)CC(=O)Nc2ccc(F)cc2F)c1. The molecule has 0 heterocycles. The molecule has 1 N–H and O–H groups in total. The van der Waals surface area contributed by atoms with Gasteiger partial charge in [0.05, 0.1) is 26.5 Å². The van der Waals surface area contributed by atoms with Crippen molar-refractivity contribution in [3.63, 3.8) is 0 Å². The molecule has 27 heavy (non-hydrogen) atoms. The highest BCUT2D eigenvalue weighted by Crippen LogP contribution is 2.30. The van der Waals surface area contributed by atoms with Gasteiger partial charge in [-0.15, -0.1) is 0 Å². The minimum Gasteiger partial charge on any atom is -0.497 e. The first-order chi connectivity index (χ1) is 12.7. The fourth-order valence-electron chi connectivity index (χ4n) is 2.22. The quantitative estimate of drug-likeness (QED) is 0.771. The molecule has 1 amide bonds. The molecule has 0 atom stereocenters. The molecule has 146 valence electrons. The minimum atomic E-state index is -4.10. The summed E-state index contributed by atoms with van der Waals surface area (Å²) < 4.78 is 62.9. The number of halogens is 2. The van der Waals surface area contributed by atoms with Crippen molar-refractivity contribution in [2.24, 2.45) is 0 Å². The lowest BCUT2D eigenvalue weighted by Crippen LogP contribution is -2.35. The first kappa shape index (κ1) is 20.6. The summed E-state index contributed by atoms with van der Waals surface area (Å²) in [6.07, 6.45) is 0. The van der Waals surface area contributed by atoms with Crippen molar-refractivity contribution in [3.8, 4) is 11.5 Å². The van der Waals surface area contributed by atoms with Crippen molar-refractivity contribution in [2.45, 2.75) is 4.90 Å². The van der Waals surface area contributed by atoms with Gasteiger partial charge >= 0.3 is 0 Å². The van der Waals surface area contributed by atoms with Crippen LogP contribution >= 0.6 is 0 Å². The average Bonchev–Trinajstić information content (AvgIpc) is 2.63. The molecule has 0 aliphatic heterocycles. The molecule has 2 rings (SSSR count). The molecule has 0 radical (unpaired) electrons. The maximum Gasteiger partial charge on any atom is 0.247 e. The van der Waals surface area contributed by atoms with Crippen LogP contribution in [0.1, 0.15) is 0 Å². The first-order valence-corrected chi connectivity index (χ1v) is 9.06. The normalized spacial score (nSPS) is 11.3. The second-order valence-electron chi connectivity index (χ2n) is 5.45. The van der Waals surface area contributed by atoms with E-state index < -0.39 is 34.1 Å². The molecule has 7 nitrogen and oxygen atoms in total. The number of likely N-dealkylation sites (N-methyl/N-ethyl adjacent to an activating group) is 1. The van der Waals surface area contributed by atoms with Gasteiger partial charge in [0.1, 0.15) is 28.0 Å². The minimum absolute atomic E-state index is 0.0765. The molecule has 0 saturated carbocycles. The van der Waals surface area contributed by atoms with E-state index in [4.69, 9.17) is 9.47 Å². The fraction of sp³-hybridized carbons (Fsp3) is 0.235. The lowest BCUT2D eigenvalue weighted by molar-refractivity contribution is -0.116. The van der Waals surface area contributed by atoms with E-state index in [2.05, 4.69) is 5.32 Å². The van der Waals surface area contributed by atoms with Crippen molar-refractivity contribution in [1.29, 1.82) is 0 Å². The summed E-state index contributed by atoms with van der Waals surface area (Å²) in [4.78, 5) is 11.9. The summed E-state index contributed by atoms with van der Waals surface area (Å²) in [5, 5.41) is 2.20. The third-order valence-corrected chi connectivity index (χ3v) is 5.46. The maximum atomic E-state index is 13.6. The lowest BCUT2D eigenvalue weighted by atomic mass is 10.3. The molecular weight excluding hydrogens is 382 g/mol. The first-order valence-electron chi connectivity index (χ1n) is 7.62. The Kier molecular flexibility index (Phi) is 6.34. The third-order valence-electron chi connectivity index (χ3n) is 3.63. The Morgan fingerprint density at radius 1 is 1.11 bits per heavy atom. The number of sulfonamides is 1. The predicted octanol–water partition coefficient (Wildman–Crippen LogP) is 2.24. The standard InChI is InChI=1S/C17H18F2N2O5S/c1-21(10-17(22)20-14-6-4-11(18)8-13(14)19)27(23,24)16-9-12(25-2)5-7-15(16)26-3/h4-9H,10H2,1-3H3,(H,20,22).